The van der Waals surface area contributed by atoms with Crippen LogP contribution in [0.15, 0.2) is 70.7 Å². The number of carbonyl (C=O) groups is 3. The van der Waals surface area contributed by atoms with Gasteiger partial charge in [0.2, 0.25) is 5.91 Å². The molecule has 2 aliphatic rings. The van der Waals surface area contributed by atoms with Gasteiger partial charge in [0.25, 0.3) is 11.8 Å². The Kier molecular flexibility index (Phi) is 6.21. The maximum Gasteiger partial charge on any atom is 0.263 e. The molecule has 0 saturated carbocycles. The molecule has 1 aromatic carbocycles. The molecule has 1 atom stereocenters. The number of rotatable bonds is 5. The fourth-order valence-corrected chi connectivity index (χ4v) is 5.30. The first-order valence-electron chi connectivity index (χ1n) is 11.2. The van der Waals surface area contributed by atoms with Crippen LogP contribution in [0.3, 0.4) is 0 Å². The van der Waals surface area contributed by atoms with Gasteiger partial charge in [0.05, 0.1) is 24.3 Å². The molecule has 2 fully saturated rings. The zero-order valence-electron chi connectivity index (χ0n) is 18.5. The zero-order valence-corrected chi connectivity index (χ0v) is 19.3. The summed E-state index contributed by atoms with van der Waals surface area (Å²) in [5, 5.41) is 4.74. The van der Waals surface area contributed by atoms with Gasteiger partial charge in [-0.15, -0.1) is 11.3 Å². The Bertz CT molecular complexity index is 1140. The molecule has 2 saturated heterocycles. The molecule has 0 radical (unpaired) electrons. The van der Waals surface area contributed by atoms with Gasteiger partial charge in [-0.05, 0) is 35.7 Å². The van der Waals surface area contributed by atoms with Gasteiger partial charge >= 0.3 is 0 Å². The van der Waals surface area contributed by atoms with E-state index in [1.54, 1.807) is 52.5 Å². The molecule has 176 valence electrons. The summed E-state index contributed by atoms with van der Waals surface area (Å²) >= 11 is 1.41. The van der Waals surface area contributed by atoms with Crippen LogP contribution < -0.4 is 5.32 Å². The Morgan fingerprint density at radius 1 is 1.00 bits per heavy atom. The Hall–Kier alpha value is -3.43. The maximum atomic E-state index is 13.6. The second-order valence-electron chi connectivity index (χ2n) is 8.38. The van der Waals surface area contributed by atoms with E-state index in [0.717, 1.165) is 0 Å². The van der Waals surface area contributed by atoms with Gasteiger partial charge in [0.1, 0.15) is 17.5 Å². The van der Waals surface area contributed by atoms with E-state index in [-0.39, 0.29) is 30.9 Å². The maximum absolute atomic E-state index is 13.6. The van der Waals surface area contributed by atoms with Crippen LogP contribution in [0.2, 0.25) is 0 Å². The number of hydrogen-bond donors (Lipinski definition) is 1. The van der Waals surface area contributed by atoms with Crippen molar-refractivity contribution < 1.29 is 23.5 Å². The molecule has 0 bridgehead atoms. The van der Waals surface area contributed by atoms with Crippen molar-refractivity contribution in [2.24, 2.45) is 0 Å². The van der Waals surface area contributed by atoms with Crippen molar-refractivity contribution >= 4 is 29.1 Å². The molecule has 9 heteroatoms. The standard InChI is InChI=1S/C25H25N3O5S/c29-22(26-16-19-8-4-14-32-19)20-17-33-25(28(20)23(30)18-6-2-1-3-7-18)10-12-27(13-11-25)24(31)21-9-5-15-34-21/h1-9,14-15,20H,10-13,16-17H2,(H,26,29)/t20-/m1/s1. The molecule has 8 nitrogen and oxygen atoms in total. The summed E-state index contributed by atoms with van der Waals surface area (Å²) < 4.78 is 11.5. The molecule has 3 amide bonds. The van der Waals surface area contributed by atoms with E-state index < -0.39 is 11.8 Å². The minimum atomic E-state index is -0.939. The molecule has 34 heavy (non-hydrogen) atoms. The largest absolute Gasteiger partial charge is 0.467 e. The van der Waals surface area contributed by atoms with Crippen LogP contribution in [-0.4, -0.2) is 59.0 Å². The number of furan rings is 1. The Balaban J connectivity index is 1.36. The van der Waals surface area contributed by atoms with E-state index in [1.807, 2.05) is 23.6 Å². The van der Waals surface area contributed by atoms with Crippen molar-refractivity contribution in [1.29, 1.82) is 0 Å². The lowest BCUT2D eigenvalue weighted by Crippen LogP contribution is -2.59. The van der Waals surface area contributed by atoms with Crippen molar-refractivity contribution in [3.63, 3.8) is 0 Å². The van der Waals surface area contributed by atoms with Crippen molar-refractivity contribution in [2.45, 2.75) is 31.2 Å². The molecular formula is C25H25N3O5S. The Labute approximate surface area is 201 Å². The van der Waals surface area contributed by atoms with Gasteiger partial charge in [-0.1, -0.05) is 24.3 Å². The van der Waals surface area contributed by atoms with E-state index in [4.69, 9.17) is 9.15 Å². The number of amides is 3. The fraction of sp³-hybridized carbons (Fsp3) is 0.320. The Morgan fingerprint density at radius 3 is 2.47 bits per heavy atom. The average molecular weight is 480 g/mol. The van der Waals surface area contributed by atoms with Crippen LogP contribution in [0.25, 0.3) is 0 Å². The van der Waals surface area contributed by atoms with Crippen LogP contribution >= 0.6 is 11.3 Å². The van der Waals surface area contributed by atoms with E-state index >= 15 is 0 Å². The lowest BCUT2D eigenvalue weighted by atomic mass is 9.96. The van der Waals surface area contributed by atoms with Gasteiger partial charge in [-0.2, -0.15) is 0 Å². The second kappa shape index (κ2) is 9.44. The summed E-state index contributed by atoms with van der Waals surface area (Å²) in [6.45, 7) is 1.21. The third-order valence-corrected chi connectivity index (χ3v) is 7.24. The Morgan fingerprint density at radius 2 is 1.79 bits per heavy atom. The number of piperidine rings is 1. The summed E-state index contributed by atoms with van der Waals surface area (Å²) in [4.78, 5) is 43.7. The van der Waals surface area contributed by atoms with Gasteiger partial charge in [0.15, 0.2) is 0 Å². The van der Waals surface area contributed by atoms with Crippen LogP contribution in [-0.2, 0) is 16.1 Å². The zero-order chi connectivity index (χ0) is 23.5. The summed E-state index contributed by atoms with van der Waals surface area (Å²) in [6, 6.07) is 15.3. The first kappa shape index (κ1) is 22.4. The average Bonchev–Trinajstić information content (AvgIpc) is 3.65. The predicted molar refractivity (Wildman–Crippen MR) is 125 cm³/mol. The number of benzene rings is 1. The molecule has 4 heterocycles. The number of nitrogens with one attached hydrogen (secondary N) is 1. The number of likely N-dealkylation sites (tertiary alicyclic amines) is 1. The lowest BCUT2D eigenvalue weighted by Gasteiger charge is -2.44. The summed E-state index contributed by atoms with van der Waals surface area (Å²) in [6.07, 6.45) is 2.42. The molecule has 1 spiro atoms. The molecule has 5 rings (SSSR count). The molecule has 0 unspecified atom stereocenters. The molecule has 0 aliphatic carbocycles. The summed E-state index contributed by atoms with van der Waals surface area (Å²) in [5.41, 5.74) is -0.445. The molecular weight excluding hydrogens is 454 g/mol. The number of thiophene rings is 1. The third kappa shape index (κ3) is 4.24. The van der Waals surface area contributed by atoms with Crippen molar-refractivity contribution in [3.8, 4) is 0 Å². The van der Waals surface area contributed by atoms with Crippen LogP contribution in [0.5, 0.6) is 0 Å². The van der Waals surface area contributed by atoms with Crippen LogP contribution in [0.4, 0.5) is 0 Å². The van der Waals surface area contributed by atoms with Gasteiger partial charge in [-0.25, -0.2) is 0 Å². The first-order chi connectivity index (χ1) is 16.6. The first-order valence-corrected chi connectivity index (χ1v) is 12.1. The SMILES string of the molecule is O=C(NCc1ccco1)[C@H]1COC2(CCN(C(=O)c3cccs3)CC2)N1C(=O)c1ccccc1. The second-order valence-corrected chi connectivity index (χ2v) is 9.33. The number of carbonyl (C=O) groups excluding carboxylic acids is 3. The van der Waals surface area contributed by atoms with Gasteiger partial charge < -0.3 is 19.4 Å². The summed E-state index contributed by atoms with van der Waals surface area (Å²) in [7, 11) is 0. The molecule has 1 N–H and O–H groups in total. The normalized spacial score (nSPS) is 19.4. The highest BCUT2D eigenvalue weighted by molar-refractivity contribution is 7.12. The van der Waals surface area contributed by atoms with Crippen molar-refractivity contribution in [2.75, 3.05) is 19.7 Å². The highest BCUT2D eigenvalue weighted by atomic mass is 32.1. The lowest BCUT2D eigenvalue weighted by molar-refractivity contribution is -0.128. The number of nitrogens with zero attached hydrogens (tertiary/aromatic N) is 2. The highest BCUT2D eigenvalue weighted by Gasteiger charge is 2.54. The fourth-order valence-electron chi connectivity index (χ4n) is 4.61. The van der Waals surface area contributed by atoms with E-state index in [9.17, 15) is 14.4 Å². The topological polar surface area (TPSA) is 92.1 Å². The third-order valence-electron chi connectivity index (χ3n) is 6.38. The van der Waals surface area contributed by atoms with Crippen LogP contribution in [0.1, 0.15) is 38.6 Å². The van der Waals surface area contributed by atoms with Gasteiger partial charge in [-0.3, -0.25) is 19.3 Å². The highest BCUT2D eigenvalue weighted by Crippen LogP contribution is 2.39. The number of hydrogen-bond acceptors (Lipinski definition) is 6. The van der Waals surface area contributed by atoms with Crippen molar-refractivity contribution in [3.05, 3.63) is 82.4 Å². The minimum Gasteiger partial charge on any atom is -0.467 e. The molecule has 2 aromatic heterocycles. The molecule has 3 aromatic rings. The quantitative estimate of drug-likeness (QED) is 0.607. The monoisotopic (exact) mass is 479 g/mol. The smallest absolute Gasteiger partial charge is 0.263 e. The number of ether oxygens (including phenoxy) is 1. The van der Waals surface area contributed by atoms with E-state index in [2.05, 4.69) is 5.32 Å². The van der Waals surface area contributed by atoms with E-state index in [1.165, 1.54) is 11.3 Å². The van der Waals surface area contributed by atoms with Crippen LogP contribution in [0, 0.1) is 0 Å². The summed E-state index contributed by atoms with van der Waals surface area (Å²) in [5.74, 6) is 0.0590. The van der Waals surface area contributed by atoms with E-state index in [0.29, 0.717) is 42.1 Å². The molecule has 2 aliphatic heterocycles. The predicted octanol–water partition coefficient (Wildman–Crippen LogP) is 3.13. The minimum absolute atomic E-state index is 0.0171. The van der Waals surface area contributed by atoms with Gasteiger partial charge in [0, 0.05) is 31.5 Å². The van der Waals surface area contributed by atoms with Crippen molar-refractivity contribution in [1.82, 2.24) is 15.1 Å².